The number of benzene rings is 1. The molecule has 1 aromatic heterocycles. The van der Waals surface area contributed by atoms with Crippen LogP contribution in [0.1, 0.15) is 42.3 Å². The standard InChI is InChI=1S/C16H18BrNOS/c1-2-13(16-4-3-9-20-16)18-14-7-8-19-15-6-5-11(17)10-12(14)15/h3-6,9-10,13-14,18H,2,7-8H2,1H3. The zero-order valence-electron chi connectivity index (χ0n) is 11.4. The van der Waals surface area contributed by atoms with Crippen LogP contribution in [0, 0.1) is 0 Å². The van der Waals surface area contributed by atoms with Gasteiger partial charge in [-0.3, -0.25) is 0 Å². The van der Waals surface area contributed by atoms with Crippen LogP contribution in [0.15, 0.2) is 40.2 Å². The first-order valence-electron chi connectivity index (χ1n) is 6.99. The van der Waals surface area contributed by atoms with Crippen molar-refractivity contribution in [2.24, 2.45) is 0 Å². The highest BCUT2D eigenvalue weighted by molar-refractivity contribution is 9.10. The predicted molar refractivity (Wildman–Crippen MR) is 87.5 cm³/mol. The van der Waals surface area contributed by atoms with E-state index < -0.39 is 0 Å². The number of hydrogen-bond acceptors (Lipinski definition) is 3. The summed E-state index contributed by atoms with van der Waals surface area (Å²) in [7, 11) is 0. The molecule has 2 heterocycles. The summed E-state index contributed by atoms with van der Waals surface area (Å²) in [5, 5.41) is 5.95. The molecule has 0 spiro atoms. The van der Waals surface area contributed by atoms with Gasteiger partial charge in [-0.15, -0.1) is 11.3 Å². The summed E-state index contributed by atoms with van der Waals surface area (Å²) in [6, 6.07) is 11.4. The molecule has 1 aliphatic rings. The van der Waals surface area contributed by atoms with Crippen molar-refractivity contribution in [3.05, 3.63) is 50.6 Å². The Morgan fingerprint density at radius 2 is 2.35 bits per heavy atom. The van der Waals surface area contributed by atoms with Crippen molar-refractivity contribution >= 4 is 27.3 Å². The molecule has 1 N–H and O–H groups in total. The molecule has 0 aliphatic carbocycles. The van der Waals surface area contributed by atoms with Gasteiger partial charge in [-0.2, -0.15) is 0 Å². The van der Waals surface area contributed by atoms with Crippen molar-refractivity contribution in [3.63, 3.8) is 0 Å². The van der Waals surface area contributed by atoms with Crippen molar-refractivity contribution in [3.8, 4) is 5.75 Å². The normalized spacial score (nSPS) is 19.2. The SMILES string of the molecule is CCC(NC1CCOc2ccc(Br)cc21)c1cccs1. The zero-order valence-corrected chi connectivity index (χ0v) is 13.8. The van der Waals surface area contributed by atoms with Crippen LogP contribution in [-0.2, 0) is 0 Å². The number of hydrogen-bond donors (Lipinski definition) is 1. The topological polar surface area (TPSA) is 21.3 Å². The Balaban J connectivity index is 1.83. The van der Waals surface area contributed by atoms with Gasteiger partial charge >= 0.3 is 0 Å². The second-order valence-corrected chi connectivity index (χ2v) is 6.91. The summed E-state index contributed by atoms with van der Waals surface area (Å²) in [4.78, 5) is 1.41. The van der Waals surface area contributed by atoms with E-state index in [9.17, 15) is 0 Å². The first-order valence-corrected chi connectivity index (χ1v) is 8.67. The van der Waals surface area contributed by atoms with Gasteiger partial charge in [-0.1, -0.05) is 28.9 Å². The summed E-state index contributed by atoms with van der Waals surface area (Å²) in [6.07, 6.45) is 2.12. The number of fused-ring (bicyclic) bond motifs is 1. The highest BCUT2D eigenvalue weighted by atomic mass is 79.9. The molecule has 1 aromatic carbocycles. The van der Waals surface area contributed by atoms with Gasteiger partial charge in [0, 0.05) is 33.4 Å². The van der Waals surface area contributed by atoms with Crippen LogP contribution in [-0.4, -0.2) is 6.61 Å². The average molecular weight is 352 g/mol. The molecule has 2 aromatic rings. The third-order valence-corrected chi connectivity index (χ3v) is 5.19. The van der Waals surface area contributed by atoms with Crippen LogP contribution < -0.4 is 10.1 Å². The van der Waals surface area contributed by atoms with Crippen LogP contribution >= 0.6 is 27.3 Å². The maximum absolute atomic E-state index is 5.76. The third kappa shape index (κ3) is 2.92. The van der Waals surface area contributed by atoms with Crippen molar-refractivity contribution in [2.75, 3.05) is 6.61 Å². The van der Waals surface area contributed by atoms with E-state index in [1.165, 1.54) is 10.4 Å². The predicted octanol–water partition coefficient (Wildman–Crippen LogP) is 5.08. The van der Waals surface area contributed by atoms with E-state index in [-0.39, 0.29) is 0 Å². The molecular formula is C16H18BrNOS. The lowest BCUT2D eigenvalue weighted by Gasteiger charge is -2.30. The molecule has 4 heteroatoms. The maximum Gasteiger partial charge on any atom is 0.124 e. The van der Waals surface area contributed by atoms with E-state index in [0.29, 0.717) is 12.1 Å². The van der Waals surface area contributed by atoms with Gasteiger partial charge in [-0.05, 0) is 36.1 Å². The molecule has 2 unspecified atom stereocenters. The third-order valence-electron chi connectivity index (χ3n) is 3.71. The lowest BCUT2D eigenvalue weighted by atomic mass is 9.99. The minimum atomic E-state index is 0.364. The Bertz CT molecular complexity index is 570. The van der Waals surface area contributed by atoms with Gasteiger partial charge in [0.15, 0.2) is 0 Å². The van der Waals surface area contributed by atoms with Crippen LogP contribution in [0.3, 0.4) is 0 Å². The van der Waals surface area contributed by atoms with E-state index in [2.05, 4.69) is 57.8 Å². The summed E-state index contributed by atoms with van der Waals surface area (Å²) in [5.41, 5.74) is 1.26. The summed E-state index contributed by atoms with van der Waals surface area (Å²) in [6.45, 7) is 3.02. The summed E-state index contributed by atoms with van der Waals surface area (Å²) >= 11 is 5.38. The number of nitrogens with one attached hydrogen (secondary N) is 1. The Hall–Kier alpha value is -0.840. The van der Waals surface area contributed by atoms with Gasteiger partial charge in [0.1, 0.15) is 5.75 Å². The zero-order chi connectivity index (χ0) is 13.9. The molecule has 0 bridgehead atoms. The molecule has 20 heavy (non-hydrogen) atoms. The summed E-state index contributed by atoms with van der Waals surface area (Å²) in [5.74, 6) is 1.01. The molecule has 106 valence electrons. The molecular weight excluding hydrogens is 334 g/mol. The smallest absolute Gasteiger partial charge is 0.124 e. The molecule has 2 atom stereocenters. The van der Waals surface area contributed by atoms with E-state index in [4.69, 9.17) is 4.74 Å². The fraction of sp³-hybridized carbons (Fsp3) is 0.375. The fourth-order valence-electron chi connectivity index (χ4n) is 2.67. The van der Waals surface area contributed by atoms with E-state index in [1.54, 1.807) is 0 Å². The van der Waals surface area contributed by atoms with Crippen molar-refractivity contribution in [1.82, 2.24) is 5.32 Å². The van der Waals surface area contributed by atoms with Crippen LogP contribution in [0.25, 0.3) is 0 Å². The Morgan fingerprint density at radius 3 is 3.10 bits per heavy atom. The van der Waals surface area contributed by atoms with Crippen molar-refractivity contribution in [1.29, 1.82) is 0 Å². The lowest BCUT2D eigenvalue weighted by Crippen LogP contribution is -2.30. The van der Waals surface area contributed by atoms with Gasteiger partial charge in [0.05, 0.1) is 6.61 Å². The minimum Gasteiger partial charge on any atom is -0.493 e. The minimum absolute atomic E-state index is 0.364. The number of ether oxygens (including phenoxy) is 1. The van der Waals surface area contributed by atoms with Crippen LogP contribution in [0.4, 0.5) is 0 Å². The number of thiophene rings is 1. The van der Waals surface area contributed by atoms with Crippen LogP contribution in [0.5, 0.6) is 5.75 Å². The maximum atomic E-state index is 5.76. The van der Waals surface area contributed by atoms with Gasteiger partial charge in [-0.25, -0.2) is 0 Å². The molecule has 3 rings (SSSR count). The van der Waals surface area contributed by atoms with Crippen molar-refractivity contribution < 1.29 is 4.74 Å². The van der Waals surface area contributed by atoms with Crippen LogP contribution in [0.2, 0.25) is 0 Å². The van der Waals surface area contributed by atoms with Crippen molar-refractivity contribution in [2.45, 2.75) is 31.8 Å². The van der Waals surface area contributed by atoms with Gasteiger partial charge in [0.25, 0.3) is 0 Å². The highest BCUT2D eigenvalue weighted by Crippen LogP contribution is 2.36. The second kappa shape index (κ2) is 6.29. The monoisotopic (exact) mass is 351 g/mol. The molecule has 0 radical (unpaired) electrons. The Labute approximate surface area is 132 Å². The molecule has 1 aliphatic heterocycles. The van der Waals surface area contributed by atoms with Gasteiger partial charge < -0.3 is 10.1 Å². The van der Waals surface area contributed by atoms with E-state index >= 15 is 0 Å². The fourth-order valence-corrected chi connectivity index (χ4v) is 3.92. The Kier molecular flexibility index (Phi) is 4.44. The Morgan fingerprint density at radius 1 is 1.45 bits per heavy atom. The molecule has 0 fully saturated rings. The molecule has 0 saturated carbocycles. The first-order chi connectivity index (χ1) is 9.78. The lowest BCUT2D eigenvalue weighted by molar-refractivity contribution is 0.243. The van der Waals surface area contributed by atoms with E-state index in [1.807, 2.05) is 17.4 Å². The molecule has 0 amide bonds. The number of halogens is 1. The average Bonchev–Trinajstić information content (AvgIpc) is 2.99. The second-order valence-electron chi connectivity index (χ2n) is 5.01. The first kappa shape index (κ1) is 14.1. The largest absolute Gasteiger partial charge is 0.493 e. The quantitative estimate of drug-likeness (QED) is 0.829. The summed E-state index contributed by atoms with van der Waals surface area (Å²) < 4.78 is 6.87. The number of rotatable bonds is 4. The van der Waals surface area contributed by atoms with E-state index in [0.717, 1.165) is 29.7 Å². The molecule has 2 nitrogen and oxygen atoms in total. The molecule has 0 saturated heterocycles. The highest BCUT2D eigenvalue weighted by Gasteiger charge is 2.24. The van der Waals surface area contributed by atoms with Gasteiger partial charge in [0.2, 0.25) is 0 Å².